The normalized spacial score (nSPS) is 22.8. The van der Waals surface area contributed by atoms with Gasteiger partial charge in [-0.05, 0) is 69.6 Å². The van der Waals surface area contributed by atoms with E-state index in [9.17, 15) is 9.90 Å². The summed E-state index contributed by atoms with van der Waals surface area (Å²) in [5.41, 5.74) is 3.08. The van der Waals surface area contributed by atoms with Gasteiger partial charge in [0.25, 0.3) is 0 Å². The highest BCUT2D eigenvalue weighted by Crippen LogP contribution is 2.54. The minimum atomic E-state index is -0.259. The van der Waals surface area contributed by atoms with Gasteiger partial charge < -0.3 is 14.6 Å². The molecule has 0 amide bonds. The van der Waals surface area contributed by atoms with Crippen LogP contribution in [0.1, 0.15) is 90.2 Å². The maximum Gasteiger partial charge on any atom is 0.305 e. The van der Waals surface area contributed by atoms with Crippen molar-refractivity contribution >= 4 is 5.97 Å². The SMILES string of the molecule is COC(=O)CCCCC(C)(C)c1cc(O)c2c(c1)OC(C)(C)[C@@H]1CC=C(C)C[C@@H]21. The highest BCUT2D eigenvalue weighted by molar-refractivity contribution is 5.69. The predicted molar refractivity (Wildman–Crippen MR) is 116 cm³/mol. The monoisotopic (exact) mass is 400 g/mol. The molecule has 4 heteroatoms. The summed E-state index contributed by atoms with van der Waals surface area (Å²) in [5, 5.41) is 11.0. The van der Waals surface area contributed by atoms with E-state index in [2.05, 4.69) is 46.8 Å². The van der Waals surface area contributed by atoms with Crippen LogP contribution in [0.3, 0.4) is 0 Å². The van der Waals surface area contributed by atoms with Crippen LogP contribution in [0.5, 0.6) is 11.5 Å². The second-order valence-corrected chi connectivity index (χ2v) is 9.98. The molecule has 0 radical (unpaired) electrons. The van der Waals surface area contributed by atoms with Gasteiger partial charge >= 0.3 is 5.97 Å². The van der Waals surface area contributed by atoms with Gasteiger partial charge in [-0.3, -0.25) is 4.79 Å². The first-order valence-electron chi connectivity index (χ1n) is 10.8. The Labute approximate surface area is 175 Å². The largest absolute Gasteiger partial charge is 0.508 e. The van der Waals surface area contributed by atoms with Crippen LogP contribution in [0.4, 0.5) is 0 Å². The number of unbranched alkanes of at least 4 members (excludes halogenated alkanes) is 1. The third kappa shape index (κ3) is 4.46. The number of ether oxygens (including phenoxy) is 2. The number of carbonyl (C=O) groups excluding carboxylic acids is 1. The molecule has 2 aliphatic rings. The molecule has 1 aromatic rings. The van der Waals surface area contributed by atoms with Crippen LogP contribution in [0.2, 0.25) is 0 Å². The molecule has 29 heavy (non-hydrogen) atoms. The average Bonchev–Trinajstić information content (AvgIpc) is 2.63. The van der Waals surface area contributed by atoms with Gasteiger partial charge in [-0.1, -0.05) is 31.9 Å². The number of phenolic OH excluding ortho intramolecular Hbond substituents is 1. The van der Waals surface area contributed by atoms with Crippen molar-refractivity contribution in [3.8, 4) is 11.5 Å². The van der Waals surface area contributed by atoms with E-state index in [0.29, 0.717) is 24.0 Å². The van der Waals surface area contributed by atoms with Crippen LogP contribution >= 0.6 is 0 Å². The van der Waals surface area contributed by atoms with Gasteiger partial charge in [0, 0.05) is 23.8 Å². The van der Waals surface area contributed by atoms with Crippen molar-refractivity contribution in [2.24, 2.45) is 5.92 Å². The van der Waals surface area contributed by atoms with Crippen LogP contribution in [-0.4, -0.2) is 23.8 Å². The lowest BCUT2D eigenvalue weighted by Crippen LogP contribution is -2.45. The van der Waals surface area contributed by atoms with Crippen molar-refractivity contribution in [1.82, 2.24) is 0 Å². The van der Waals surface area contributed by atoms with Gasteiger partial charge in [0.05, 0.1) is 7.11 Å². The Balaban J connectivity index is 1.84. The summed E-state index contributed by atoms with van der Waals surface area (Å²) in [4.78, 5) is 11.3. The topological polar surface area (TPSA) is 55.8 Å². The van der Waals surface area contributed by atoms with Crippen LogP contribution < -0.4 is 4.74 Å². The maximum absolute atomic E-state index is 11.3. The molecule has 0 saturated heterocycles. The zero-order valence-corrected chi connectivity index (χ0v) is 18.8. The molecule has 160 valence electrons. The summed E-state index contributed by atoms with van der Waals surface area (Å²) in [6, 6.07) is 4.08. The molecule has 2 atom stereocenters. The summed E-state index contributed by atoms with van der Waals surface area (Å²) < 4.78 is 11.2. The third-order valence-electron chi connectivity index (χ3n) is 6.95. The van der Waals surface area contributed by atoms with Crippen LogP contribution in [0, 0.1) is 5.92 Å². The van der Waals surface area contributed by atoms with E-state index in [4.69, 9.17) is 9.47 Å². The van der Waals surface area contributed by atoms with Gasteiger partial charge in [0.2, 0.25) is 0 Å². The fraction of sp³-hybridized carbons (Fsp3) is 0.640. The zero-order valence-electron chi connectivity index (χ0n) is 18.8. The zero-order chi connectivity index (χ0) is 21.4. The Morgan fingerprint density at radius 1 is 1.31 bits per heavy atom. The predicted octanol–water partition coefficient (Wildman–Crippen LogP) is 6.01. The molecule has 1 heterocycles. The number of esters is 1. The lowest BCUT2D eigenvalue weighted by molar-refractivity contribution is -0.140. The van der Waals surface area contributed by atoms with Crippen molar-refractivity contribution in [3.63, 3.8) is 0 Å². The fourth-order valence-electron chi connectivity index (χ4n) is 5.04. The molecule has 1 aliphatic heterocycles. The molecule has 0 bridgehead atoms. The molecular weight excluding hydrogens is 364 g/mol. The summed E-state index contributed by atoms with van der Waals surface area (Å²) >= 11 is 0. The highest BCUT2D eigenvalue weighted by atomic mass is 16.5. The third-order valence-corrected chi connectivity index (χ3v) is 6.95. The van der Waals surface area contributed by atoms with E-state index >= 15 is 0 Å². The Kier molecular flexibility index (Phi) is 6.03. The second kappa shape index (κ2) is 8.04. The summed E-state index contributed by atoms with van der Waals surface area (Å²) in [7, 11) is 1.43. The van der Waals surface area contributed by atoms with E-state index < -0.39 is 0 Å². The minimum absolute atomic E-state index is 0.116. The first-order valence-corrected chi connectivity index (χ1v) is 10.8. The molecule has 4 nitrogen and oxygen atoms in total. The van der Waals surface area contributed by atoms with Crippen molar-refractivity contribution in [2.45, 2.75) is 90.1 Å². The Morgan fingerprint density at radius 2 is 2.03 bits per heavy atom. The number of rotatable bonds is 6. The number of benzene rings is 1. The number of methoxy groups -OCH3 is 1. The van der Waals surface area contributed by atoms with Gasteiger partial charge in [-0.15, -0.1) is 0 Å². The number of hydrogen-bond donors (Lipinski definition) is 1. The number of aromatic hydroxyl groups is 1. The van der Waals surface area contributed by atoms with Gasteiger partial charge in [0.15, 0.2) is 0 Å². The van der Waals surface area contributed by atoms with Gasteiger partial charge in [-0.2, -0.15) is 0 Å². The van der Waals surface area contributed by atoms with Crippen LogP contribution in [0.25, 0.3) is 0 Å². The molecule has 1 aliphatic carbocycles. The molecule has 3 rings (SSSR count). The molecule has 0 spiro atoms. The molecule has 0 saturated carbocycles. The lowest BCUT2D eigenvalue weighted by atomic mass is 9.66. The summed E-state index contributed by atoms with van der Waals surface area (Å²) in [6.07, 6.45) is 7.42. The Bertz CT molecular complexity index is 803. The smallest absolute Gasteiger partial charge is 0.305 e. The first kappa shape index (κ1) is 21.7. The second-order valence-electron chi connectivity index (χ2n) is 9.98. The van der Waals surface area contributed by atoms with Gasteiger partial charge in [0.1, 0.15) is 17.1 Å². The number of allylic oxidation sites excluding steroid dienone is 2. The van der Waals surface area contributed by atoms with Crippen molar-refractivity contribution < 1.29 is 19.4 Å². The van der Waals surface area contributed by atoms with Crippen molar-refractivity contribution in [2.75, 3.05) is 7.11 Å². The molecular formula is C25H36O4. The number of carbonyl (C=O) groups is 1. The molecule has 0 aromatic heterocycles. The van der Waals surface area contributed by atoms with E-state index in [1.807, 2.05) is 6.07 Å². The standard InChI is InChI=1S/C25H36O4/c1-16-10-11-19-18(13-16)23-20(26)14-17(15-21(23)29-25(19,4)5)24(2,3)12-8-7-9-22(27)28-6/h10,14-15,18-19,26H,7-9,11-13H2,1-6H3/t18-,19-/m1/s1. The molecule has 0 unspecified atom stereocenters. The van der Waals surface area contributed by atoms with E-state index in [0.717, 1.165) is 49.0 Å². The van der Waals surface area contributed by atoms with E-state index in [1.54, 1.807) is 0 Å². The summed E-state index contributed by atoms with van der Waals surface area (Å²) in [6.45, 7) is 10.9. The molecule has 0 fully saturated rings. The van der Waals surface area contributed by atoms with Crippen LogP contribution in [-0.2, 0) is 14.9 Å². The van der Waals surface area contributed by atoms with Crippen LogP contribution in [0.15, 0.2) is 23.8 Å². The molecule has 1 N–H and O–H groups in total. The highest BCUT2D eigenvalue weighted by Gasteiger charge is 2.46. The summed E-state index contributed by atoms with van der Waals surface area (Å²) in [5.74, 6) is 1.72. The first-order chi connectivity index (χ1) is 13.5. The fourth-order valence-corrected chi connectivity index (χ4v) is 5.04. The maximum atomic E-state index is 11.3. The Hall–Kier alpha value is -1.97. The van der Waals surface area contributed by atoms with Gasteiger partial charge in [-0.25, -0.2) is 0 Å². The van der Waals surface area contributed by atoms with E-state index in [1.165, 1.54) is 12.7 Å². The number of hydrogen-bond acceptors (Lipinski definition) is 4. The Morgan fingerprint density at radius 3 is 2.72 bits per heavy atom. The molecule has 1 aromatic carbocycles. The van der Waals surface area contributed by atoms with Crippen molar-refractivity contribution in [1.29, 1.82) is 0 Å². The quantitative estimate of drug-likeness (QED) is 0.361. The number of phenols is 1. The number of fused-ring (bicyclic) bond motifs is 3. The minimum Gasteiger partial charge on any atom is -0.508 e. The average molecular weight is 401 g/mol. The van der Waals surface area contributed by atoms with Crippen molar-refractivity contribution in [3.05, 3.63) is 34.9 Å². The van der Waals surface area contributed by atoms with E-state index in [-0.39, 0.29) is 17.0 Å². The lowest BCUT2D eigenvalue weighted by Gasteiger charge is -2.47.